The highest BCUT2D eigenvalue weighted by atomic mass is 32.1. The minimum absolute atomic E-state index is 0.0286. The number of furan rings is 1. The summed E-state index contributed by atoms with van der Waals surface area (Å²) in [5.74, 6) is -0.245. The molecule has 2 aromatic rings. The quantitative estimate of drug-likeness (QED) is 0.871. The van der Waals surface area contributed by atoms with E-state index in [1.807, 2.05) is 6.92 Å². The SMILES string of the molecule is CCN(Cc1ccco1)C(=O)c1cc(S)ccc1F. The maximum absolute atomic E-state index is 13.7. The van der Waals surface area contributed by atoms with Crippen molar-refractivity contribution in [2.24, 2.45) is 0 Å². The number of nitrogens with zero attached hydrogens (tertiary/aromatic N) is 1. The lowest BCUT2D eigenvalue weighted by molar-refractivity contribution is 0.0736. The number of hydrogen-bond acceptors (Lipinski definition) is 3. The van der Waals surface area contributed by atoms with Crippen LogP contribution in [0.3, 0.4) is 0 Å². The van der Waals surface area contributed by atoms with Gasteiger partial charge in [0.2, 0.25) is 0 Å². The predicted molar refractivity (Wildman–Crippen MR) is 72.8 cm³/mol. The lowest BCUT2D eigenvalue weighted by Gasteiger charge is -2.20. The monoisotopic (exact) mass is 279 g/mol. The lowest BCUT2D eigenvalue weighted by atomic mass is 10.2. The second kappa shape index (κ2) is 5.93. The summed E-state index contributed by atoms with van der Waals surface area (Å²) in [7, 11) is 0. The van der Waals surface area contributed by atoms with Crippen LogP contribution in [0.2, 0.25) is 0 Å². The Balaban J connectivity index is 2.23. The number of halogens is 1. The lowest BCUT2D eigenvalue weighted by Crippen LogP contribution is -2.30. The Labute approximate surface area is 116 Å². The summed E-state index contributed by atoms with van der Waals surface area (Å²) >= 11 is 4.13. The Bertz CT molecular complexity index is 569. The van der Waals surface area contributed by atoms with Gasteiger partial charge in [0.05, 0.1) is 18.4 Å². The van der Waals surface area contributed by atoms with E-state index in [1.165, 1.54) is 23.1 Å². The summed E-state index contributed by atoms with van der Waals surface area (Å²) in [6.45, 7) is 2.62. The average Bonchev–Trinajstić information content (AvgIpc) is 2.91. The van der Waals surface area contributed by atoms with E-state index in [-0.39, 0.29) is 11.5 Å². The van der Waals surface area contributed by atoms with E-state index in [4.69, 9.17) is 4.42 Å². The van der Waals surface area contributed by atoms with Crippen molar-refractivity contribution < 1.29 is 13.6 Å². The van der Waals surface area contributed by atoms with Gasteiger partial charge in [-0.25, -0.2) is 4.39 Å². The highest BCUT2D eigenvalue weighted by molar-refractivity contribution is 7.80. The second-order valence-corrected chi connectivity index (χ2v) is 4.58. The van der Waals surface area contributed by atoms with Crippen molar-refractivity contribution in [3.8, 4) is 0 Å². The van der Waals surface area contributed by atoms with Crippen LogP contribution in [0.4, 0.5) is 4.39 Å². The Morgan fingerprint density at radius 1 is 1.42 bits per heavy atom. The van der Waals surface area contributed by atoms with Crippen molar-refractivity contribution in [3.63, 3.8) is 0 Å². The third kappa shape index (κ3) is 3.17. The first-order valence-electron chi connectivity index (χ1n) is 5.92. The summed E-state index contributed by atoms with van der Waals surface area (Å²) in [6.07, 6.45) is 1.54. The van der Waals surface area contributed by atoms with Gasteiger partial charge in [-0.15, -0.1) is 12.6 Å². The molecule has 0 saturated carbocycles. The molecule has 100 valence electrons. The first-order chi connectivity index (χ1) is 9.11. The molecule has 1 amide bonds. The van der Waals surface area contributed by atoms with Crippen LogP contribution in [0, 0.1) is 5.82 Å². The molecule has 0 aliphatic carbocycles. The summed E-state index contributed by atoms with van der Waals surface area (Å²) in [4.78, 5) is 14.4. The number of thiol groups is 1. The number of benzene rings is 1. The van der Waals surface area contributed by atoms with Crippen LogP contribution >= 0.6 is 12.6 Å². The molecule has 1 aromatic carbocycles. The molecule has 1 heterocycles. The molecule has 19 heavy (non-hydrogen) atoms. The van der Waals surface area contributed by atoms with E-state index in [0.717, 1.165) is 0 Å². The van der Waals surface area contributed by atoms with Crippen molar-refractivity contribution in [1.29, 1.82) is 0 Å². The maximum Gasteiger partial charge on any atom is 0.257 e. The molecular formula is C14H14FNO2S. The van der Waals surface area contributed by atoms with Crippen LogP contribution in [-0.2, 0) is 6.54 Å². The van der Waals surface area contributed by atoms with Gasteiger partial charge in [-0.2, -0.15) is 0 Å². The zero-order valence-electron chi connectivity index (χ0n) is 10.5. The molecule has 0 bridgehead atoms. The molecule has 0 aliphatic rings. The van der Waals surface area contributed by atoms with E-state index >= 15 is 0 Å². The van der Waals surface area contributed by atoms with Gasteiger partial charge < -0.3 is 9.32 Å². The molecule has 0 atom stereocenters. The van der Waals surface area contributed by atoms with E-state index in [2.05, 4.69) is 12.6 Å². The molecule has 0 radical (unpaired) electrons. The minimum atomic E-state index is -0.541. The molecule has 0 aliphatic heterocycles. The highest BCUT2D eigenvalue weighted by Gasteiger charge is 2.19. The van der Waals surface area contributed by atoms with Gasteiger partial charge in [-0.05, 0) is 37.3 Å². The van der Waals surface area contributed by atoms with Gasteiger partial charge in [0, 0.05) is 11.4 Å². The smallest absolute Gasteiger partial charge is 0.257 e. The second-order valence-electron chi connectivity index (χ2n) is 4.06. The Morgan fingerprint density at radius 2 is 2.21 bits per heavy atom. The predicted octanol–water partition coefficient (Wildman–Crippen LogP) is 3.37. The largest absolute Gasteiger partial charge is 0.467 e. The van der Waals surface area contributed by atoms with Gasteiger partial charge in [0.25, 0.3) is 5.91 Å². The van der Waals surface area contributed by atoms with Gasteiger partial charge in [-0.1, -0.05) is 0 Å². The van der Waals surface area contributed by atoms with Gasteiger partial charge >= 0.3 is 0 Å². The highest BCUT2D eigenvalue weighted by Crippen LogP contribution is 2.17. The van der Waals surface area contributed by atoms with Crippen LogP contribution in [0.5, 0.6) is 0 Å². The maximum atomic E-state index is 13.7. The fourth-order valence-electron chi connectivity index (χ4n) is 1.77. The normalized spacial score (nSPS) is 10.5. The van der Waals surface area contributed by atoms with Crippen molar-refractivity contribution in [2.45, 2.75) is 18.4 Å². The van der Waals surface area contributed by atoms with Crippen LogP contribution in [-0.4, -0.2) is 17.4 Å². The van der Waals surface area contributed by atoms with Crippen LogP contribution in [0.25, 0.3) is 0 Å². The minimum Gasteiger partial charge on any atom is -0.467 e. The van der Waals surface area contributed by atoms with E-state index < -0.39 is 5.82 Å². The average molecular weight is 279 g/mol. The van der Waals surface area contributed by atoms with E-state index in [9.17, 15) is 9.18 Å². The van der Waals surface area contributed by atoms with Gasteiger partial charge in [0.15, 0.2) is 0 Å². The molecule has 0 saturated heterocycles. The zero-order valence-corrected chi connectivity index (χ0v) is 11.4. The molecule has 3 nitrogen and oxygen atoms in total. The summed E-state index contributed by atoms with van der Waals surface area (Å²) < 4.78 is 18.9. The molecular weight excluding hydrogens is 265 g/mol. The van der Waals surface area contributed by atoms with Crippen molar-refractivity contribution >= 4 is 18.5 Å². The summed E-state index contributed by atoms with van der Waals surface area (Å²) in [5, 5.41) is 0. The fraction of sp³-hybridized carbons (Fsp3) is 0.214. The first kappa shape index (κ1) is 13.7. The number of carbonyl (C=O) groups excluding carboxylic acids is 1. The van der Waals surface area contributed by atoms with Crippen molar-refractivity contribution in [2.75, 3.05) is 6.54 Å². The topological polar surface area (TPSA) is 33.5 Å². The third-order valence-corrected chi connectivity index (χ3v) is 3.05. The van der Waals surface area contributed by atoms with Crippen molar-refractivity contribution in [3.05, 3.63) is 53.7 Å². The number of carbonyl (C=O) groups is 1. The van der Waals surface area contributed by atoms with Gasteiger partial charge in [0.1, 0.15) is 11.6 Å². The molecule has 0 fully saturated rings. The van der Waals surface area contributed by atoms with Gasteiger partial charge in [-0.3, -0.25) is 4.79 Å². The first-order valence-corrected chi connectivity index (χ1v) is 6.36. The zero-order chi connectivity index (χ0) is 13.8. The van der Waals surface area contributed by atoms with Crippen LogP contribution < -0.4 is 0 Å². The Hall–Kier alpha value is -1.75. The third-order valence-electron chi connectivity index (χ3n) is 2.78. The Morgan fingerprint density at radius 3 is 2.84 bits per heavy atom. The van der Waals surface area contributed by atoms with Crippen molar-refractivity contribution in [1.82, 2.24) is 4.90 Å². The van der Waals surface area contributed by atoms with E-state index in [0.29, 0.717) is 23.7 Å². The number of hydrogen-bond donors (Lipinski definition) is 1. The molecule has 0 unspecified atom stereocenters. The fourth-order valence-corrected chi connectivity index (χ4v) is 1.97. The number of amides is 1. The van der Waals surface area contributed by atoms with Crippen LogP contribution in [0.1, 0.15) is 23.0 Å². The molecule has 1 aromatic heterocycles. The summed E-state index contributed by atoms with van der Waals surface area (Å²) in [6, 6.07) is 7.73. The standard InChI is InChI=1S/C14H14FNO2S/c1-2-16(9-10-4-3-7-18-10)14(17)12-8-11(19)5-6-13(12)15/h3-8,19H,2,9H2,1H3. The summed E-state index contributed by atoms with van der Waals surface area (Å²) in [5.41, 5.74) is 0.0286. The van der Waals surface area contributed by atoms with Crippen LogP contribution in [0.15, 0.2) is 45.9 Å². The molecule has 0 spiro atoms. The molecule has 2 rings (SSSR count). The number of rotatable bonds is 4. The molecule has 5 heteroatoms. The Kier molecular flexibility index (Phi) is 4.27. The van der Waals surface area contributed by atoms with E-state index in [1.54, 1.807) is 18.4 Å². The molecule has 0 N–H and O–H groups in total.